The summed E-state index contributed by atoms with van der Waals surface area (Å²) in [5.74, 6) is -0.281. The second kappa shape index (κ2) is 4.79. The Morgan fingerprint density at radius 3 is 2.71 bits per heavy atom. The molecule has 2 rings (SSSR count). The summed E-state index contributed by atoms with van der Waals surface area (Å²) < 4.78 is 24.3. The third-order valence-corrected chi connectivity index (χ3v) is 3.09. The standard InChI is InChI=1S/C12H16FNO3/c1-16-9-5-8(15)11(13)10(12(9)17-2)7-3-4-14-6-7/h5,7,14-15H,3-4,6H2,1-2H3. The predicted octanol–water partition coefficient (Wildman–Crippen LogP) is 1.63. The number of benzene rings is 1. The largest absolute Gasteiger partial charge is 0.505 e. The van der Waals surface area contributed by atoms with Gasteiger partial charge in [-0.3, -0.25) is 0 Å². The van der Waals surface area contributed by atoms with Crippen LogP contribution in [0.2, 0.25) is 0 Å². The van der Waals surface area contributed by atoms with Crippen molar-refractivity contribution in [3.05, 3.63) is 17.4 Å². The van der Waals surface area contributed by atoms with Crippen molar-refractivity contribution in [1.82, 2.24) is 5.32 Å². The summed E-state index contributed by atoms with van der Waals surface area (Å²) in [7, 11) is 2.94. The number of hydrogen-bond donors (Lipinski definition) is 2. The van der Waals surface area contributed by atoms with Crippen molar-refractivity contribution in [2.75, 3.05) is 27.3 Å². The maximum absolute atomic E-state index is 14.0. The van der Waals surface area contributed by atoms with E-state index in [4.69, 9.17) is 9.47 Å². The first kappa shape index (κ1) is 12.0. The molecule has 0 aliphatic carbocycles. The Labute approximate surface area is 99.4 Å². The SMILES string of the molecule is COc1cc(O)c(F)c(C2CCNC2)c1OC. The minimum atomic E-state index is -0.614. The zero-order valence-corrected chi connectivity index (χ0v) is 9.92. The normalized spacial score (nSPS) is 19.4. The molecular formula is C12H16FNO3. The topological polar surface area (TPSA) is 50.7 Å². The van der Waals surface area contributed by atoms with Gasteiger partial charge in [-0.05, 0) is 13.0 Å². The first-order valence-corrected chi connectivity index (χ1v) is 5.53. The fraction of sp³-hybridized carbons (Fsp3) is 0.500. The van der Waals surface area contributed by atoms with Crippen LogP contribution < -0.4 is 14.8 Å². The Morgan fingerprint density at radius 1 is 1.41 bits per heavy atom. The van der Waals surface area contributed by atoms with Crippen LogP contribution in [0.15, 0.2) is 6.07 Å². The van der Waals surface area contributed by atoms with Crippen LogP contribution in [0.25, 0.3) is 0 Å². The molecule has 17 heavy (non-hydrogen) atoms. The van der Waals surface area contributed by atoms with Gasteiger partial charge in [-0.1, -0.05) is 0 Å². The molecule has 1 aliphatic heterocycles. The Morgan fingerprint density at radius 2 is 2.18 bits per heavy atom. The van der Waals surface area contributed by atoms with Crippen LogP contribution in [0.4, 0.5) is 4.39 Å². The number of ether oxygens (including phenoxy) is 2. The highest BCUT2D eigenvalue weighted by Gasteiger charge is 2.28. The van der Waals surface area contributed by atoms with Gasteiger partial charge < -0.3 is 19.9 Å². The summed E-state index contributed by atoms with van der Waals surface area (Å²) in [6.07, 6.45) is 0.819. The van der Waals surface area contributed by atoms with E-state index in [1.807, 2.05) is 0 Å². The smallest absolute Gasteiger partial charge is 0.172 e. The zero-order chi connectivity index (χ0) is 12.4. The maximum atomic E-state index is 14.0. The number of phenolic OH excluding ortho intramolecular Hbond substituents is 1. The molecule has 0 saturated carbocycles. The van der Waals surface area contributed by atoms with E-state index in [0.717, 1.165) is 13.0 Å². The Kier molecular flexibility index (Phi) is 3.38. The van der Waals surface area contributed by atoms with Gasteiger partial charge in [0.05, 0.1) is 14.2 Å². The molecular weight excluding hydrogens is 225 g/mol. The second-order valence-corrected chi connectivity index (χ2v) is 4.05. The van der Waals surface area contributed by atoms with E-state index in [2.05, 4.69) is 5.32 Å². The maximum Gasteiger partial charge on any atom is 0.172 e. The van der Waals surface area contributed by atoms with Crippen LogP contribution in [0.5, 0.6) is 17.2 Å². The molecule has 0 spiro atoms. The molecule has 0 amide bonds. The summed E-state index contributed by atoms with van der Waals surface area (Å²) in [4.78, 5) is 0. The molecule has 5 heteroatoms. The summed E-state index contributed by atoms with van der Waals surface area (Å²) >= 11 is 0. The first-order chi connectivity index (χ1) is 8.19. The minimum Gasteiger partial charge on any atom is -0.505 e. The summed E-state index contributed by atoms with van der Waals surface area (Å²) in [6, 6.07) is 1.24. The van der Waals surface area contributed by atoms with E-state index in [1.165, 1.54) is 20.3 Å². The van der Waals surface area contributed by atoms with Crippen LogP contribution in [0.1, 0.15) is 17.9 Å². The number of phenols is 1. The predicted molar refractivity (Wildman–Crippen MR) is 61.4 cm³/mol. The Hall–Kier alpha value is -1.49. The van der Waals surface area contributed by atoms with Gasteiger partial charge in [-0.15, -0.1) is 0 Å². The number of hydrogen-bond acceptors (Lipinski definition) is 4. The monoisotopic (exact) mass is 241 g/mol. The van der Waals surface area contributed by atoms with Crippen molar-refractivity contribution >= 4 is 0 Å². The number of halogens is 1. The van der Waals surface area contributed by atoms with Crippen LogP contribution in [0, 0.1) is 5.82 Å². The van der Waals surface area contributed by atoms with E-state index in [9.17, 15) is 9.50 Å². The van der Waals surface area contributed by atoms with Crippen molar-refractivity contribution in [3.63, 3.8) is 0 Å². The molecule has 1 aliphatic rings. The van der Waals surface area contributed by atoms with Crippen LogP contribution in [-0.2, 0) is 0 Å². The first-order valence-electron chi connectivity index (χ1n) is 5.53. The van der Waals surface area contributed by atoms with Crippen molar-refractivity contribution in [2.45, 2.75) is 12.3 Å². The molecule has 1 aromatic carbocycles. The molecule has 1 unspecified atom stereocenters. The third-order valence-electron chi connectivity index (χ3n) is 3.09. The van der Waals surface area contributed by atoms with E-state index in [0.29, 0.717) is 23.6 Å². The molecule has 0 bridgehead atoms. The van der Waals surface area contributed by atoms with Gasteiger partial charge in [0.15, 0.2) is 23.1 Å². The Bertz CT molecular complexity index is 417. The third kappa shape index (κ3) is 2.02. The van der Waals surface area contributed by atoms with Gasteiger partial charge in [-0.25, -0.2) is 4.39 Å². The highest BCUT2D eigenvalue weighted by molar-refractivity contribution is 5.54. The van der Waals surface area contributed by atoms with Crippen LogP contribution >= 0.6 is 0 Å². The minimum absolute atomic E-state index is 0.00551. The molecule has 1 heterocycles. The quantitative estimate of drug-likeness (QED) is 0.844. The lowest BCUT2D eigenvalue weighted by atomic mass is 9.96. The highest BCUT2D eigenvalue weighted by atomic mass is 19.1. The molecule has 1 aromatic rings. The lowest BCUT2D eigenvalue weighted by molar-refractivity contribution is 0.337. The highest BCUT2D eigenvalue weighted by Crippen LogP contribution is 2.43. The lowest BCUT2D eigenvalue weighted by Crippen LogP contribution is -2.10. The fourth-order valence-electron chi connectivity index (χ4n) is 2.25. The van der Waals surface area contributed by atoms with Gasteiger partial charge in [0.25, 0.3) is 0 Å². The molecule has 0 radical (unpaired) electrons. The zero-order valence-electron chi connectivity index (χ0n) is 9.92. The molecule has 1 atom stereocenters. The van der Waals surface area contributed by atoms with E-state index >= 15 is 0 Å². The fourth-order valence-corrected chi connectivity index (χ4v) is 2.25. The average Bonchev–Trinajstić information content (AvgIpc) is 2.85. The Balaban J connectivity index is 2.56. The lowest BCUT2D eigenvalue weighted by Gasteiger charge is -2.18. The molecule has 1 fully saturated rings. The van der Waals surface area contributed by atoms with Crippen LogP contribution in [0.3, 0.4) is 0 Å². The van der Waals surface area contributed by atoms with Gasteiger partial charge in [0.2, 0.25) is 0 Å². The van der Waals surface area contributed by atoms with Gasteiger partial charge in [0, 0.05) is 24.1 Å². The molecule has 2 N–H and O–H groups in total. The average molecular weight is 241 g/mol. The van der Waals surface area contributed by atoms with Gasteiger partial charge in [-0.2, -0.15) is 0 Å². The van der Waals surface area contributed by atoms with E-state index in [-0.39, 0.29) is 5.92 Å². The van der Waals surface area contributed by atoms with Crippen molar-refractivity contribution < 1.29 is 19.0 Å². The van der Waals surface area contributed by atoms with E-state index in [1.54, 1.807) is 0 Å². The molecule has 94 valence electrons. The molecule has 1 saturated heterocycles. The van der Waals surface area contributed by atoms with Gasteiger partial charge in [0.1, 0.15) is 0 Å². The number of methoxy groups -OCH3 is 2. The number of aromatic hydroxyl groups is 1. The summed E-state index contributed by atoms with van der Waals surface area (Å²) in [6.45, 7) is 1.52. The molecule has 0 aromatic heterocycles. The summed E-state index contributed by atoms with van der Waals surface area (Å²) in [5, 5.41) is 12.7. The summed E-state index contributed by atoms with van der Waals surface area (Å²) in [5.41, 5.74) is 0.398. The number of nitrogens with one attached hydrogen (secondary N) is 1. The van der Waals surface area contributed by atoms with Crippen molar-refractivity contribution in [2.24, 2.45) is 0 Å². The van der Waals surface area contributed by atoms with Crippen molar-refractivity contribution in [3.8, 4) is 17.2 Å². The van der Waals surface area contributed by atoms with E-state index < -0.39 is 11.6 Å². The van der Waals surface area contributed by atoms with Gasteiger partial charge >= 0.3 is 0 Å². The van der Waals surface area contributed by atoms with Crippen molar-refractivity contribution in [1.29, 1.82) is 0 Å². The molecule has 4 nitrogen and oxygen atoms in total. The second-order valence-electron chi connectivity index (χ2n) is 4.05. The number of rotatable bonds is 3. The van der Waals surface area contributed by atoms with Crippen LogP contribution in [-0.4, -0.2) is 32.4 Å².